The number of nitrogens with one attached hydrogen (secondary N) is 2. The van der Waals surface area contributed by atoms with Crippen LogP contribution in [0.15, 0.2) is 24.3 Å². The van der Waals surface area contributed by atoms with Crippen LogP contribution in [0.4, 0.5) is 5.69 Å². The number of anilines is 1. The van der Waals surface area contributed by atoms with Gasteiger partial charge in [-0.25, -0.2) is 0 Å². The summed E-state index contributed by atoms with van der Waals surface area (Å²) < 4.78 is 5.27. The number of hydrogen-bond acceptors (Lipinski definition) is 4. The van der Waals surface area contributed by atoms with Crippen molar-refractivity contribution >= 4 is 29.1 Å². The van der Waals surface area contributed by atoms with Crippen LogP contribution in [-0.2, 0) is 14.3 Å². The van der Waals surface area contributed by atoms with Crippen LogP contribution in [0.2, 0.25) is 5.02 Å². The van der Waals surface area contributed by atoms with E-state index in [9.17, 15) is 9.59 Å². The van der Waals surface area contributed by atoms with Crippen LogP contribution in [0.3, 0.4) is 0 Å². The van der Waals surface area contributed by atoms with Crippen molar-refractivity contribution < 1.29 is 14.3 Å². The molecule has 1 saturated heterocycles. The van der Waals surface area contributed by atoms with Gasteiger partial charge in [0, 0.05) is 36.9 Å². The highest BCUT2D eigenvalue weighted by molar-refractivity contribution is 6.30. The second-order valence-electron chi connectivity index (χ2n) is 5.93. The Morgan fingerprint density at radius 1 is 1.25 bits per heavy atom. The van der Waals surface area contributed by atoms with Gasteiger partial charge in [-0.05, 0) is 49.4 Å². The maximum absolute atomic E-state index is 12.0. The molecule has 1 unspecified atom stereocenters. The lowest BCUT2D eigenvalue weighted by atomic mass is 9.92. The van der Waals surface area contributed by atoms with Crippen LogP contribution in [-0.4, -0.2) is 37.6 Å². The molecule has 2 rings (SSSR count). The monoisotopic (exact) mass is 353 g/mol. The van der Waals surface area contributed by atoms with Gasteiger partial charge in [-0.15, -0.1) is 0 Å². The molecule has 0 radical (unpaired) electrons. The van der Waals surface area contributed by atoms with Crippen LogP contribution in [0.25, 0.3) is 0 Å². The molecular weight excluding hydrogens is 330 g/mol. The number of nitrogens with two attached hydrogens (primary N) is 1. The topological polar surface area (TPSA) is 93.5 Å². The highest BCUT2D eigenvalue weighted by atomic mass is 35.5. The minimum Gasteiger partial charge on any atom is -0.381 e. The first-order chi connectivity index (χ1) is 11.6. The molecule has 132 valence electrons. The minimum atomic E-state index is -0.503. The SMILES string of the molecule is NC(C(=O)NCCCC(=O)Nc1ccc(Cl)cc1)C1CCOCC1. The fourth-order valence-corrected chi connectivity index (χ4v) is 2.75. The maximum atomic E-state index is 12.0. The fraction of sp³-hybridized carbons (Fsp3) is 0.529. The summed E-state index contributed by atoms with van der Waals surface area (Å²) in [6.45, 7) is 1.76. The lowest BCUT2D eigenvalue weighted by molar-refractivity contribution is -0.124. The first-order valence-corrected chi connectivity index (χ1v) is 8.60. The van der Waals surface area contributed by atoms with Crippen molar-refractivity contribution in [3.8, 4) is 0 Å². The summed E-state index contributed by atoms with van der Waals surface area (Å²) in [6, 6.07) is 6.42. The first-order valence-electron chi connectivity index (χ1n) is 8.22. The summed E-state index contributed by atoms with van der Waals surface area (Å²) in [5.41, 5.74) is 6.69. The third-order valence-corrected chi connectivity index (χ3v) is 4.34. The molecule has 2 amide bonds. The van der Waals surface area contributed by atoms with Gasteiger partial charge in [0.25, 0.3) is 0 Å². The molecule has 0 bridgehead atoms. The number of amides is 2. The number of carbonyl (C=O) groups excluding carboxylic acids is 2. The highest BCUT2D eigenvalue weighted by Crippen LogP contribution is 2.17. The van der Waals surface area contributed by atoms with Gasteiger partial charge >= 0.3 is 0 Å². The van der Waals surface area contributed by atoms with E-state index in [-0.39, 0.29) is 17.7 Å². The lowest BCUT2D eigenvalue weighted by Crippen LogP contribution is -2.47. The Kier molecular flexibility index (Phi) is 7.49. The zero-order valence-electron chi connectivity index (χ0n) is 13.6. The second kappa shape index (κ2) is 9.61. The van der Waals surface area contributed by atoms with Crippen LogP contribution >= 0.6 is 11.6 Å². The molecule has 0 aromatic heterocycles. The van der Waals surface area contributed by atoms with Gasteiger partial charge in [-0.1, -0.05) is 11.6 Å². The minimum absolute atomic E-state index is 0.0969. The standard InChI is InChI=1S/C17H24ClN3O3/c18-13-3-5-14(6-4-13)21-15(22)2-1-9-20-17(23)16(19)12-7-10-24-11-8-12/h3-6,12,16H,1-2,7-11,19H2,(H,20,23)(H,21,22). The Balaban J connectivity index is 1.62. The van der Waals surface area contributed by atoms with E-state index in [1.165, 1.54) is 0 Å². The Bertz CT molecular complexity index is 545. The predicted molar refractivity (Wildman–Crippen MR) is 93.8 cm³/mol. The highest BCUT2D eigenvalue weighted by Gasteiger charge is 2.26. The van der Waals surface area contributed by atoms with Crippen LogP contribution < -0.4 is 16.4 Å². The number of rotatable bonds is 7. The Morgan fingerprint density at radius 2 is 1.92 bits per heavy atom. The van der Waals surface area contributed by atoms with Crippen LogP contribution in [0.1, 0.15) is 25.7 Å². The molecule has 1 aromatic carbocycles. The summed E-state index contributed by atoms with van der Waals surface area (Å²) in [7, 11) is 0. The largest absolute Gasteiger partial charge is 0.381 e. The van der Waals surface area contributed by atoms with E-state index in [0.29, 0.717) is 43.3 Å². The van der Waals surface area contributed by atoms with Crippen molar-refractivity contribution in [3.05, 3.63) is 29.3 Å². The molecule has 4 N–H and O–H groups in total. The number of halogens is 1. The average molecular weight is 354 g/mol. The molecule has 0 spiro atoms. The molecule has 7 heteroatoms. The van der Waals surface area contributed by atoms with Crippen molar-refractivity contribution in [2.24, 2.45) is 11.7 Å². The van der Waals surface area contributed by atoms with E-state index >= 15 is 0 Å². The maximum Gasteiger partial charge on any atom is 0.237 e. The zero-order valence-corrected chi connectivity index (χ0v) is 14.3. The fourth-order valence-electron chi connectivity index (χ4n) is 2.62. The molecule has 24 heavy (non-hydrogen) atoms. The third-order valence-electron chi connectivity index (χ3n) is 4.08. The van der Waals surface area contributed by atoms with E-state index in [0.717, 1.165) is 12.8 Å². The first kappa shape index (κ1) is 18.7. The summed E-state index contributed by atoms with van der Waals surface area (Å²) in [6.07, 6.45) is 2.53. The summed E-state index contributed by atoms with van der Waals surface area (Å²) in [5, 5.41) is 6.21. The average Bonchev–Trinajstić information content (AvgIpc) is 2.60. The van der Waals surface area contributed by atoms with Gasteiger partial charge in [0.05, 0.1) is 6.04 Å². The van der Waals surface area contributed by atoms with E-state index in [1.54, 1.807) is 24.3 Å². The summed E-state index contributed by atoms with van der Waals surface area (Å²) in [4.78, 5) is 23.8. The molecule has 0 saturated carbocycles. The van der Waals surface area contributed by atoms with Gasteiger partial charge in [-0.3, -0.25) is 9.59 Å². The molecule has 1 heterocycles. The van der Waals surface area contributed by atoms with Gasteiger partial charge in [0.1, 0.15) is 0 Å². The van der Waals surface area contributed by atoms with Crippen molar-refractivity contribution in [1.29, 1.82) is 0 Å². The summed E-state index contributed by atoms with van der Waals surface area (Å²) in [5.74, 6) is -0.0766. The molecular formula is C17H24ClN3O3. The zero-order chi connectivity index (χ0) is 17.4. The third kappa shape index (κ3) is 6.11. The smallest absolute Gasteiger partial charge is 0.237 e. The molecule has 0 aliphatic carbocycles. The van der Waals surface area contributed by atoms with Gasteiger partial charge < -0.3 is 21.1 Å². The number of ether oxygens (including phenoxy) is 1. The van der Waals surface area contributed by atoms with Gasteiger partial charge in [-0.2, -0.15) is 0 Å². The second-order valence-corrected chi connectivity index (χ2v) is 6.36. The van der Waals surface area contributed by atoms with Crippen molar-refractivity contribution in [1.82, 2.24) is 5.32 Å². The number of carbonyl (C=O) groups is 2. The molecule has 1 atom stereocenters. The Morgan fingerprint density at radius 3 is 2.58 bits per heavy atom. The quantitative estimate of drug-likeness (QED) is 0.653. The van der Waals surface area contributed by atoms with E-state index < -0.39 is 6.04 Å². The van der Waals surface area contributed by atoms with Crippen molar-refractivity contribution in [2.45, 2.75) is 31.7 Å². The molecule has 1 fully saturated rings. The Labute approximate surface area is 147 Å². The molecule has 1 aliphatic rings. The summed E-state index contributed by atoms with van der Waals surface area (Å²) >= 11 is 5.79. The van der Waals surface area contributed by atoms with Gasteiger partial charge in [0.2, 0.25) is 11.8 Å². The number of hydrogen-bond donors (Lipinski definition) is 3. The Hall–Kier alpha value is -1.63. The van der Waals surface area contributed by atoms with Crippen LogP contribution in [0.5, 0.6) is 0 Å². The van der Waals surface area contributed by atoms with Crippen molar-refractivity contribution in [3.63, 3.8) is 0 Å². The molecule has 1 aliphatic heterocycles. The van der Waals surface area contributed by atoms with Gasteiger partial charge in [0.15, 0.2) is 0 Å². The molecule has 6 nitrogen and oxygen atoms in total. The number of benzene rings is 1. The van der Waals surface area contributed by atoms with E-state index in [2.05, 4.69) is 10.6 Å². The predicted octanol–water partition coefficient (Wildman–Crippen LogP) is 1.93. The normalized spacial score (nSPS) is 16.4. The van der Waals surface area contributed by atoms with Crippen molar-refractivity contribution in [2.75, 3.05) is 25.1 Å². The molecule has 1 aromatic rings. The lowest BCUT2D eigenvalue weighted by Gasteiger charge is -2.26. The van der Waals surface area contributed by atoms with E-state index in [4.69, 9.17) is 22.1 Å². The van der Waals surface area contributed by atoms with Crippen LogP contribution in [0, 0.1) is 5.92 Å². The van der Waals surface area contributed by atoms with E-state index in [1.807, 2.05) is 0 Å².